The second kappa shape index (κ2) is 6.62. The second-order valence-electron chi connectivity index (χ2n) is 6.86. The molecule has 2 aromatic rings. The second-order valence-corrected chi connectivity index (χ2v) is 6.86. The molecule has 2 N–H and O–H groups in total. The van der Waals surface area contributed by atoms with Crippen molar-refractivity contribution in [3.8, 4) is 5.69 Å². The van der Waals surface area contributed by atoms with Crippen LogP contribution in [0.5, 0.6) is 0 Å². The molecule has 2 saturated heterocycles. The Morgan fingerprint density at radius 1 is 1.21 bits per heavy atom. The van der Waals surface area contributed by atoms with Gasteiger partial charge in [-0.2, -0.15) is 18.3 Å². The fourth-order valence-electron chi connectivity index (χ4n) is 3.77. The topological polar surface area (TPSA) is 93.5 Å². The van der Waals surface area contributed by atoms with E-state index in [-0.39, 0.29) is 35.4 Å². The van der Waals surface area contributed by atoms with Gasteiger partial charge in [0.1, 0.15) is 5.56 Å². The van der Waals surface area contributed by atoms with E-state index >= 15 is 0 Å². The lowest BCUT2D eigenvalue weighted by Crippen LogP contribution is -2.41. The summed E-state index contributed by atoms with van der Waals surface area (Å²) in [5.41, 5.74) is -2.03. The first-order valence-electron chi connectivity index (χ1n) is 8.69. The molecule has 1 aromatic carbocycles. The molecule has 7 nitrogen and oxygen atoms in total. The van der Waals surface area contributed by atoms with E-state index in [1.165, 1.54) is 24.3 Å². The minimum atomic E-state index is -4.90. The minimum absolute atomic E-state index is 0.000341. The number of benzene rings is 1. The Morgan fingerprint density at radius 3 is 2.46 bits per heavy atom. The zero-order chi connectivity index (χ0) is 20.1. The van der Waals surface area contributed by atoms with Gasteiger partial charge in [-0.3, -0.25) is 4.79 Å². The third-order valence-electron chi connectivity index (χ3n) is 5.06. The van der Waals surface area contributed by atoms with E-state index in [2.05, 4.69) is 10.4 Å². The number of nitrogens with one attached hydrogen (secondary N) is 1. The predicted molar refractivity (Wildman–Crippen MR) is 89.3 cm³/mol. The highest BCUT2D eigenvalue weighted by Crippen LogP contribution is 2.35. The van der Waals surface area contributed by atoms with Crippen molar-refractivity contribution in [1.29, 1.82) is 0 Å². The van der Waals surface area contributed by atoms with E-state index in [9.17, 15) is 22.8 Å². The van der Waals surface area contributed by atoms with Crippen molar-refractivity contribution in [2.75, 3.05) is 0 Å². The number of carbonyl (C=O) groups excluding carboxylic acids is 1. The number of fused-ring (bicyclic) bond motifs is 2. The van der Waals surface area contributed by atoms with Crippen LogP contribution in [0.25, 0.3) is 5.69 Å². The van der Waals surface area contributed by atoms with Gasteiger partial charge in [0.2, 0.25) is 0 Å². The molecule has 3 atom stereocenters. The van der Waals surface area contributed by atoms with Gasteiger partial charge in [0, 0.05) is 5.56 Å². The van der Waals surface area contributed by atoms with Crippen LogP contribution in [0.1, 0.15) is 45.7 Å². The summed E-state index contributed by atoms with van der Waals surface area (Å²) in [6, 6.07) is 5.27. The first kappa shape index (κ1) is 18.5. The van der Waals surface area contributed by atoms with E-state index in [1.54, 1.807) is 0 Å². The molecule has 0 aliphatic carbocycles. The van der Waals surface area contributed by atoms with Gasteiger partial charge in [-0.1, -0.05) is 0 Å². The summed E-state index contributed by atoms with van der Waals surface area (Å²) in [6.45, 7) is 0. The van der Waals surface area contributed by atoms with Gasteiger partial charge in [0.05, 0.1) is 30.1 Å². The van der Waals surface area contributed by atoms with Crippen molar-refractivity contribution in [3.63, 3.8) is 0 Å². The van der Waals surface area contributed by atoms with Crippen LogP contribution >= 0.6 is 0 Å². The molecule has 0 spiro atoms. The van der Waals surface area contributed by atoms with Gasteiger partial charge in [0.25, 0.3) is 5.91 Å². The number of ether oxygens (including phenoxy) is 1. The Hall–Kier alpha value is -2.88. The summed E-state index contributed by atoms with van der Waals surface area (Å²) in [6.07, 6.45) is -1.39. The van der Waals surface area contributed by atoms with Gasteiger partial charge in [-0.25, -0.2) is 9.48 Å². The van der Waals surface area contributed by atoms with E-state index in [1.807, 2.05) is 0 Å². The van der Waals surface area contributed by atoms with Crippen LogP contribution in [-0.2, 0) is 10.9 Å². The Bertz CT molecular complexity index is 923. The lowest BCUT2D eigenvalue weighted by atomic mass is 9.95. The molecule has 1 aromatic heterocycles. The predicted octanol–water partition coefficient (Wildman–Crippen LogP) is 2.64. The smallest absolute Gasteiger partial charge is 0.434 e. The summed E-state index contributed by atoms with van der Waals surface area (Å²) in [5, 5.41) is 15.4. The van der Waals surface area contributed by atoms with Crippen LogP contribution in [0.3, 0.4) is 0 Å². The molecule has 2 fully saturated rings. The lowest BCUT2D eigenvalue weighted by molar-refractivity contribution is -0.143. The van der Waals surface area contributed by atoms with Crippen molar-refractivity contribution in [3.05, 3.63) is 47.3 Å². The van der Waals surface area contributed by atoms with Crippen LogP contribution in [0.15, 0.2) is 30.5 Å². The monoisotopic (exact) mass is 395 g/mol. The van der Waals surface area contributed by atoms with E-state index in [4.69, 9.17) is 9.84 Å². The number of nitrogens with zero attached hydrogens (tertiary/aromatic N) is 2. The number of halogens is 3. The minimum Gasteiger partial charge on any atom is -0.478 e. The van der Waals surface area contributed by atoms with Gasteiger partial charge < -0.3 is 15.2 Å². The maximum Gasteiger partial charge on any atom is 0.434 e. The van der Waals surface area contributed by atoms with Gasteiger partial charge >= 0.3 is 12.1 Å². The highest BCUT2D eigenvalue weighted by molar-refractivity contribution is 5.94. The van der Waals surface area contributed by atoms with Crippen molar-refractivity contribution in [1.82, 2.24) is 15.1 Å². The van der Waals surface area contributed by atoms with Crippen molar-refractivity contribution in [2.24, 2.45) is 0 Å². The van der Waals surface area contributed by atoms with Crippen LogP contribution < -0.4 is 5.32 Å². The molecular formula is C18H16F3N3O4. The molecule has 1 amide bonds. The fraction of sp³-hybridized carbons (Fsp3) is 0.389. The molecular weight excluding hydrogens is 379 g/mol. The maximum absolute atomic E-state index is 13.3. The molecule has 2 aliphatic heterocycles. The normalized spacial score (nSPS) is 23.8. The number of alkyl halides is 3. The first-order chi connectivity index (χ1) is 13.2. The van der Waals surface area contributed by atoms with Crippen molar-refractivity contribution < 1.29 is 32.6 Å². The number of carboxylic acid groups (broad SMARTS) is 1. The average molecular weight is 395 g/mol. The summed E-state index contributed by atoms with van der Waals surface area (Å²) in [4.78, 5) is 23.5. The molecule has 4 rings (SSSR count). The Kier molecular flexibility index (Phi) is 4.37. The van der Waals surface area contributed by atoms with Crippen molar-refractivity contribution >= 4 is 11.9 Å². The van der Waals surface area contributed by atoms with Crippen molar-refractivity contribution in [2.45, 2.75) is 43.7 Å². The molecule has 2 bridgehead atoms. The zero-order valence-corrected chi connectivity index (χ0v) is 14.4. The van der Waals surface area contributed by atoms with Crippen LogP contribution in [0.2, 0.25) is 0 Å². The highest BCUT2D eigenvalue weighted by atomic mass is 19.4. The molecule has 148 valence electrons. The number of carbonyl (C=O) groups is 2. The number of hydrogen-bond acceptors (Lipinski definition) is 4. The number of rotatable bonds is 4. The highest BCUT2D eigenvalue weighted by Gasteiger charge is 2.42. The van der Waals surface area contributed by atoms with Gasteiger partial charge in [-0.15, -0.1) is 0 Å². The standard InChI is InChI=1S/C18H16F3N3O4/c19-18(20,21)15-12(17(26)27)8-22-24(15)10-3-1-9(2-4-10)16(25)23-13-7-11-5-6-14(13)28-11/h1-4,8,11,13-14H,5-7H2,(H,23,25)(H,26,27)/t11-,13-,14+/m1/s1. The number of carboxylic acids is 1. The SMILES string of the molecule is O=C(N[C@@H]1C[C@H]2CC[C@@H]1O2)c1ccc(-n2ncc(C(=O)O)c2C(F)(F)F)cc1. The molecule has 0 saturated carbocycles. The molecule has 0 radical (unpaired) electrons. The third kappa shape index (κ3) is 3.24. The number of amides is 1. The average Bonchev–Trinajstić information content (AvgIpc) is 3.36. The van der Waals surface area contributed by atoms with Gasteiger partial charge in [0.15, 0.2) is 5.69 Å². The maximum atomic E-state index is 13.3. The Morgan fingerprint density at radius 2 is 1.93 bits per heavy atom. The largest absolute Gasteiger partial charge is 0.478 e. The van der Waals surface area contributed by atoms with Crippen LogP contribution in [0, 0.1) is 0 Å². The number of hydrogen-bond donors (Lipinski definition) is 2. The number of aromatic carboxylic acids is 1. The summed E-state index contributed by atoms with van der Waals surface area (Å²) in [7, 11) is 0. The molecule has 0 unspecified atom stereocenters. The van der Waals surface area contributed by atoms with E-state index in [0.29, 0.717) is 10.9 Å². The molecule has 3 heterocycles. The fourth-order valence-corrected chi connectivity index (χ4v) is 3.77. The van der Waals surface area contributed by atoms with E-state index in [0.717, 1.165) is 19.3 Å². The third-order valence-corrected chi connectivity index (χ3v) is 5.06. The summed E-state index contributed by atoms with van der Waals surface area (Å²) in [5.74, 6) is -2.06. The molecule has 2 aliphatic rings. The Balaban J connectivity index is 1.55. The Labute approximate surface area is 157 Å². The summed E-state index contributed by atoms with van der Waals surface area (Å²) < 4.78 is 46.1. The lowest BCUT2D eigenvalue weighted by Gasteiger charge is -2.20. The zero-order valence-electron chi connectivity index (χ0n) is 14.4. The summed E-state index contributed by atoms with van der Waals surface area (Å²) >= 11 is 0. The van der Waals surface area contributed by atoms with Crippen LogP contribution in [-0.4, -0.2) is 45.0 Å². The van der Waals surface area contributed by atoms with Gasteiger partial charge in [-0.05, 0) is 43.5 Å². The van der Waals surface area contributed by atoms with E-state index < -0.39 is 23.4 Å². The van der Waals surface area contributed by atoms with Crippen LogP contribution in [0.4, 0.5) is 13.2 Å². The number of aromatic nitrogens is 2. The quantitative estimate of drug-likeness (QED) is 0.830. The molecule has 28 heavy (non-hydrogen) atoms. The molecule has 10 heteroatoms. The first-order valence-corrected chi connectivity index (χ1v) is 8.69.